The summed E-state index contributed by atoms with van der Waals surface area (Å²) in [5.41, 5.74) is 4.67. The number of aryl methyl sites for hydroxylation is 2. The standard InChI is InChI=1S/C22H24N4OS/c1-15-9-11-19(13-16(15)2)17(3)23-21(27)14-28-22-24-20(25-26-22)12-10-18-7-5-4-6-8-18/h4-13,17H,14H2,1-3H3,(H,23,27)(H,24,25,26)/b12-10+. The molecule has 1 amide bonds. The van der Waals surface area contributed by atoms with Crippen molar-refractivity contribution in [3.05, 3.63) is 76.6 Å². The second-order valence-electron chi connectivity index (χ2n) is 6.67. The van der Waals surface area contributed by atoms with Crippen molar-refractivity contribution in [2.75, 3.05) is 5.75 Å². The van der Waals surface area contributed by atoms with E-state index < -0.39 is 0 Å². The largest absolute Gasteiger partial charge is 0.349 e. The molecule has 1 aromatic heterocycles. The smallest absolute Gasteiger partial charge is 0.230 e. The minimum Gasteiger partial charge on any atom is -0.349 e. The van der Waals surface area contributed by atoms with E-state index in [0.29, 0.717) is 11.0 Å². The lowest BCUT2D eigenvalue weighted by molar-refractivity contribution is -0.119. The third kappa shape index (κ3) is 5.57. The lowest BCUT2D eigenvalue weighted by atomic mass is 10.0. The van der Waals surface area contributed by atoms with E-state index in [-0.39, 0.29) is 17.7 Å². The molecule has 2 aromatic carbocycles. The van der Waals surface area contributed by atoms with E-state index >= 15 is 0 Å². The van der Waals surface area contributed by atoms with Crippen LogP contribution in [0.25, 0.3) is 12.2 Å². The zero-order valence-corrected chi connectivity index (χ0v) is 17.1. The van der Waals surface area contributed by atoms with Crippen molar-refractivity contribution in [1.29, 1.82) is 0 Å². The number of carbonyl (C=O) groups is 1. The number of rotatable bonds is 7. The molecule has 0 aliphatic carbocycles. The highest BCUT2D eigenvalue weighted by molar-refractivity contribution is 7.99. The summed E-state index contributed by atoms with van der Waals surface area (Å²) < 4.78 is 0. The molecule has 0 fully saturated rings. The fourth-order valence-corrected chi connectivity index (χ4v) is 3.28. The van der Waals surface area contributed by atoms with Crippen molar-refractivity contribution in [3.63, 3.8) is 0 Å². The SMILES string of the molecule is Cc1ccc(C(C)NC(=O)CSc2n[nH]c(/C=C/c3ccccc3)n2)cc1C. The number of nitrogens with one attached hydrogen (secondary N) is 2. The Morgan fingerprint density at radius 1 is 1.14 bits per heavy atom. The molecule has 144 valence electrons. The van der Waals surface area contributed by atoms with Crippen LogP contribution in [0.1, 0.15) is 41.0 Å². The van der Waals surface area contributed by atoms with Crippen molar-refractivity contribution < 1.29 is 4.79 Å². The van der Waals surface area contributed by atoms with Crippen LogP contribution in [-0.2, 0) is 4.79 Å². The van der Waals surface area contributed by atoms with Crippen LogP contribution in [0.2, 0.25) is 0 Å². The number of aromatic amines is 1. The Morgan fingerprint density at radius 3 is 2.68 bits per heavy atom. The van der Waals surface area contributed by atoms with Gasteiger partial charge in [-0.1, -0.05) is 66.4 Å². The Kier molecular flexibility index (Phi) is 6.66. The van der Waals surface area contributed by atoms with Crippen LogP contribution in [0.4, 0.5) is 0 Å². The maximum Gasteiger partial charge on any atom is 0.230 e. The van der Waals surface area contributed by atoms with Gasteiger partial charge in [0.1, 0.15) is 5.82 Å². The van der Waals surface area contributed by atoms with Gasteiger partial charge in [0.2, 0.25) is 11.1 Å². The average molecular weight is 393 g/mol. The van der Waals surface area contributed by atoms with Gasteiger partial charge in [-0.15, -0.1) is 5.10 Å². The maximum absolute atomic E-state index is 12.3. The predicted molar refractivity (Wildman–Crippen MR) is 115 cm³/mol. The summed E-state index contributed by atoms with van der Waals surface area (Å²) in [5.74, 6) is 0.895. The molecule has 0 saturated heterocycles. The molecule has 0 aliphatic heterocycles. The molecule has 0 bridgehead atoms. The number of amides is 1. The molecule has 1 unspecified atom stereocenters. The summed E-state index contributed by atoms with van der Waals surface area (Å²) in [7, 11) is 0. The van der Waals surface area contributed by atoms with Crippen molar-refractivity contribution in [2.24, 2.45) is 0 Å². The molecular weight excluding hydrogens is 368 g/mol. The van der Waals surface area contributed by atoms with E-state index in [1.54, 1.807) is 0 Å². The first-order valence-electron chi connectivity index (χ1n) is 9.16. The van der Waals surface area contributed by atoms with E-state index in [2.05, 4.69) is 52.5 Å². The Balaban J connectivity index is 1.50. The fourth-order valence-electron chi connectivity index (χ4n) is 2.67. The van der Waals surface area contributed by atoms with Crippen molar-refractivity contribution in [3.8, 4) is 0 Å². The number of aromatic nitrogens is 3. The molecule has 0 aliphatic rings. The summed E-state index contributed by atoms with van der Waals surface area (Å²) in [4.78, 5) is 16.6. The lowest BCUT2D eigenvalue weighted by Crippen LogP contribution is -2.28. The Hall–Kier alpha value is -2.86. The zero-order valence-electron chi connectivity index (χ0n) is 16.3. The number of hydrogen-bond donors (Lipinski definition) is 2. The lowest BCUT2D eigenvalue weighted by Gasteiger charge is -2.15. The first-order chi connectivity index (χ1) is 13.5. The minimum atomic E-state index is -0.0399. The Labute approximate surface area is 169 Å². The fraction of sp³-hybridized carbons (Fsp3) is 0.227. The number of thioether (sulfide) groups is 1. The molecule has 5 nitrogen and oxygen atoms in total. The van der Waals surface area contributed by atoms with Crippen LogP contribution in [0, 0.1) is 13.8 Å². The van der Waals surface area contributed by atoms with Crippen LogP contribution in [0.3, 0.4) is 0 Å². The maximum atomic E-state index is 12.3. The molecular formula is C22H24N4OS. The van der Waals surface area contributed by atoms with Gasteiger partial charge in [-0.2, -0.15) is 0 Å². The second-order valence-corrected chi connectivity index (χ2v) is 7.61. The number of hydrogen-bond acceptors (Lipinski definition) is 4. The van der Waals surface area contributed by atoms with E-state index in [9.17, 15) is 4.79 Å². The summed E-state index contributed by atoms with van der Waals surface area (Å²) >= 11 is 1.31. The number of nitrogens with zero attached hydrogens (tertiary/aromatic N) is 2. The average Bonchev–Trinajstić information content (AvgIpc) is 3.15. The van der Waals surface area contributed by atoms with Gasteiger partial charge in [0, 0.05) is 0 Å². The quantitative estimate of drug-likeness (QED) is 0.578. The van der Waals surface area contributed by atoms with Gasteiger partial charge < -0.3 is 5.32 Å². The third-order valence-corrected chi connectivity index (χ3v) is 5.30. The molecule has 1 heterocycles. The van der Waals surface area contributed by atoms with E-state index in [0.717, 1.165) is 11.1 Å². The molecule has 2 N–H and O–H groups in total. The Bertz CT molecular complexity index is 966. The molecule has 0 spiro atoms. The predicted octanol–water partition coefficient (Wildman–Crippen LogP) is 4.56. The normalized spacial score (nSPS) is 12.2. The van der Waals surface area contributed by atoms with Crippen molar-refractivity contribution in [1.82, 2.24) is 20.5 Å². The summed E-state index contributed by atoms with van der Waals surface area (Å²) in [6.45, 7) is 6.15. The highest BCUT2D eigenvalue weighted by atomic mass is 32.2. The topological polar surface area (TPSA) is 70.7 Å². The van der Waals surface area contributed by atoms with Gasteiger partial charge in [-0.25, -0.2) is 4.98 Å². The van der Waals surface area contributed by atoms with Crippen LogP contribution >= 0.6 is 11.8 Å². The number of H-pyrrole nitrogens is 1. The molecule has 0 radical (unpaired) electrons. The molecule has 0 saturated carbocycles. The zero-order chi connectivity index (χ0) is 19.9. The first-order valence-corrected chi connectivity index (χ1v) is 10.1. The molecule has 6 heteroatoms. The van der Waals surface area contributed by atoms with Gasteiger partial charge in [0.05, 0.1) is 11.8 Å². The second kappa shape index (κ2) is 9.37. The summed E-state index contributed by atoms with van der Waals surface area (Å²) in [6.07, 6.45) is 3.83. The molecule has 1 atom stereocenters. The Morgan fingerprint density at radius 2 is 1.93 bits per heavy atom. The van der Waals surface area contributed by atoms with Crippen molar-refractivity contribution in [2.45, 2.75) is 32.0 Å². The monoisotopic (exact) mass is 392 g/mol. The molecule has 28 heavy (non-hydrogen) atoms. The van der Waals surface area contributed by atoms with Crippen molar-refractivity contribution >= 4 is 29.8 Å². The highest BCUT2D eigenvalue weighted by Crippen LogP contribution is 2.18. The summed E-state index contributed by atoms with van der Waals surface area (Å²) in [5, 5.41) is 10.6. The number of benzene rings is 2. The van der Waals surface area contributed by atoms with E-state index in [1.165, 1.54) is 22.9 Å². The van der Waals surface area contributed by atoms with Gasteiger partial charge in [0.25, 0.3) is 0 Å². The van der Waals surface area contributed by atoms with Crippen LogP contribution in [0.15, 0.2) is 53.7 Å². The van der Waals surface area contributed by atoms with Crippen LogP contribution in [0.5, 0.6) is 0 Å². The van der Waals surface area contributed by atoms with Gasteiger partial charge in [-0.05, 0) is 49.1 Å². The van der Waals surface area contributed by atoms with Gasteiger partial charge >= 0.3 is 0 Å². The summed E-state index contributed by atoms with van der Waals surface area (Å²) in [6, 6.07) is 16.2. The third-order valence-electron chi connectivity index (χ3n) is 4.46. The number of carbonyl (C=O) groups excluding carboxylic acids is 1. The first kappa shape index (κ1) is 19.9. The van der Waals surface area contributed by atoms with E-state index in [1.807, 2.05) is 49.4 Å². The highest BCUT2D eigenvalue weighted by Gasteiger charge is 2.12. The minimum absolute atomic E-state index is 0.0380. The van der Waals surface area contributed by atoms with Crippen LogP contribution < -0.4 is 5.32 Å². The van der Waals surface area contributed by atoms with E-state index in [4.69, 9.17) is 0 Å². The van der Waals surface area contributed by atoms with Gasteiger partial charge in [-0.3, -0.25) is 9.89 Å². The molecule has 3 rings (SSSR count). The molecule has 3 aromatic rings. The van der Waals surface area contributed by atoms with Crippen LogP contribution in [-0.4, -0.2) is 26.8 Å². The van der Waals surface area contributed by atoms with Gasteiger partial charge in [0.15, 0.2) is 0 Å².